The maximum atomic E-state index is 5.10. The van der Waals surface area contributed by atoms with Gasteiger partial charge in [-0.05, 0) is 66.7 Å². The van der Waals surface area contributed by atoms with Gasteiger partial charge in [-0.3, -0.25) is 4.98 Å². The van der Waals surface area contributed by atoms with Gasteiger partial charge in [0, 0.05) is 56.4 Å². The summed E-state index contributed by atoms with van der Waals surface area (Å²) in [6.45, 7) is 0. The van der Waals surface area contributed by atoms with E-state index in [1.165, 1.54) is 32.6 Å². The second-order valence-corrected chi connectivity index (χ2v) is 12.2. The third kappa shape index (κ3) is 4.31. The van der Waals surface area contributed by atoms with Crippen LogP contribution in [-0.2, 0) is 0 Å². The molecule has 4 aromatic heterocycles. The Balaban J connectivity index is 1.20. The molecule has 0 spiro atoms. The number of rotatable bonds is 5. The maximum absolute atomic E-state index is 5.10. The Bertz CT molecular complexity index is 2770. The molecule has 0 N–H and O–H groups in total. The second kappa shape index (κ2) is 10.9. The zero-order chi connectivity index (χ0) is 32.3. The van der Waals surface area contributed by atoms with Gasteiger partial charge in [0.1, 0.15) is 0 Å². The third-order valence-corrected chi connectivity index (χ3v) is 9.39. The lowest BCUT2D eigenvalue weighted by atomic mass is 10.1. The molecule has 4 heterocycles. The summed E-state index contributed by atoms with van der Waals surface area (Å²) in [5.74, 6) is 1.40. The number of aromatic nitrogens is 6. The maximum Gasteiger partial charge on any atom is 0.183 e. The normalized spacial score (nSPS) is 11.7. The molecule has 0 saturated carbocycles. The molecule has 49 heavy (non-hydrogen) atoms. The predicted octanol–water partition coefficient (Wildman–Crippen LogP) is 10.2. The van der Waals surface area contributed by atoms with Crippen molar-refractivity contribution in [1.29, 1.82) is 0 Å². The first-order valence-corrected chi connectivity index (χ1v) is 16.4. The van der Waals surface area contributed by atoms with Crippen LogP contribution in [-0.4, -0.2) is 28.9 Å². The van der Waals surface area contributed by atoms with Gasteiger partial charge in [0.05, 0.1) is 27.8 Å². The lowest BCUT2D eigenvalue weighted by Gasteiger charge is -2.13. The van der Waals surface area contributed by atoms with Crippen LogP contribution in [0, 0.1) is 0 Å². The summed E-state index contributed by atoms with van der Waals surface area (Å²) in [5, 5.41) is 9.85. The van der Waals surface area contributed by atoms with Gasteiger partial charge in [0.2, 0.25) is 0 Å². The third-order valence-electron chi connectivity index (χ3n) is 9.39. The van der Waals surface area contributed by atoms with Crippen LogP contribution in [0.4, 0.5) is 0 Å². The average molecular weight is 629 g/mol. The first kappa shape index (κ1) is 27.3. The molecule has 0 bridgehead atoms. The fourth-order valence-corrected chi connectivity index (χ4v) is 7.23. The van der Waals surface area contributed by atoms with E-state index in [0.717, 1.165) is 45.0 Å². The van der Waals surface area contributed by atoms with Gasteiger partial charge in [0.25, 0.3) is 0 Å². The van der Waals surface area contributed by atoms with E-state index in [1.54, 1.807) is 12.4 Å². The Kier molecular flexibility index (Phi) is 6.08. The SMILES string of the molecule is c1ccc(-n2nc(-c3cccnc3)nc2-c2ccc3c4ccccc4n(-c4cccc(-n5c6ccccc6c6ccccc65)c4)c3c2)cc1. The number of benzene rings is 6. The topological polar surface area (TPSA) is 53.5 Å². The van der Waals surface area contributed by atoms with Crippen molar-refractivity contribution in [3.05, 3.63) is 170 Å². The fourth-order valence-electron chi connectivity index (χ4n) is 7.23. The highest BCUT2D eigenvalue weighted by molar-refractivity contribution is 6.11. The summed E-state index contributed by atoms with van der Waals surface area (Å²) >= 11 is 0. The van der Waals surface area contributed by atoms with E-state index in [4.69, 9.17) is 10.1 Å². The first-order chi connectivity index (χ1) is 24.3. The summed E-state index contributed by atoms with van der Waals surface area (Å²) in [7, 11) is 0. The van der Waals surface area contributed by atoms with Crippen LogP contribution in [0.1, 0.15) is 0 Å². The predicted molar refractivity (Wildman–Crippen MR) is 199 cm³/mol. The van der Waals surface area contributed by atoms with Crippen LogP contribution < -0.4 is 0 Å². The van der Waals surface area contributed by atoms with Crippen molar-refractivity contribution in [1.82, 2.24) is 28.9 Å². The Hall–Kier alpha value is -6.79. The van der Waals surface area contributed by atoms with Gasteiger partial charge in [-0.2, -0.15) is 0 Å². The molecule has 0 aliphatic heterocycles. The molecule has 10 rings (SSSR count). The summed E-state index contributed by atoms with van der Waals surface area (Å²) in [5.41, 5.74) is 9.62. The summed E-state index contributed by atoms with van der Waals surface area (Å²) in [6.07, 6.45) is 3.57. The van der Waals surface area contributed by atoms with Crippen LogP contribution in [0.25, 0.3) is 83.4 Å². The molecule has 230 valence electrons. The van der Waals surface area contributed by atoms with Crippen LogP contribution in [0.2, 0.25) is 0 Å². The van der Waals surface area contributed by atoms with Crippen LogP contribution in [0.15, 0.2) is 170 Å². The Morgan fingerprint density at radius 2 is 0.980 bits per heavy atom. The number of nitrogens with zero attached hydrogens (tertiary/aromatic N) is 6. The van der Waals surface area contributed by atoms with Gasteiger partial charge in [-0.15, -0.1) is 5.10 Å². The monoisotopic (exact) mass is 628 g/mol. The Morgan fingerprint density at radius 1 is 0.408 bits per heavy atom. The highest BCUT2D eigenvalue weighted by atomic mass is 15.4. The Morgan fingerprint density at radius 3 is 1.61 bits per heavy atom. The van der Waals surface area contributed by atoms with Crippen molar-refractivity contribution in [2.45, 2.75) is 0 Å². The zero-order valence-corrected chi connectivity index (χ0v) is 26.3. The first-order valence-electron chi connectivity index (χ1n) is 16.4. The number of para-hydroxylation sites is 4. The standard InChI is InChI=1S/C43H28N6/c1-2-13-31(14-3-1)49-43(45-42(46-49)30-12-11-25-44-28-30)29-23-24-37-36-19-6-9-22-40(36)48(41(37)26-29)33-16-10-15-32(27-33)47-38-20-7-4-17-34(38)35-18-5-8-21-39(35)47/h1-28H. The van der Waals surface area contributed by atoms with Gasteiger partial charge < -0.3 is 9.13 Å². The molecule has 6 heteroatoms. The number of hydrogen-bond donors (Lipinski definition) is 0. The molecule has 0 aliphatic carbocycles. The molecule has 10 aromatic rings. The van der Waals surface area contributed by atoms with E-state index in [0.29, 0.717) is 5.82 Å². The molecule has 0 amide bonds. The Labute approximate surface area is 281 Å². The molecule has 0 radical (unpaired) electrons. The summed E-state index contributed by atoms with van der Waals surface area (Å²) in [6, 6.07) is 55.5. The molecule has 6 nitrogen and oxygen atoms in total. The number of hydrogen-bond acceptors (Lipinski definition) is 3. The zero-order valence-electron chi connectivity index (χ0n) is 26.3. The van der Waals surface area contributed by atoms with E-state index in [1.807, 2.05) is 35.0 Å². The van der Waals surface area contributed by atoms with Gasteiger partial charge in [-0.1, -0.05) is 91.0 Å². The lowest BCUT2D eigenvalue weighted by molar-refractivity contribution is 0.890. The molecule has 0 unspecified atom stereocenters. The van der Waals surface area contributed by atoms with E-state index in [2.05, 4.69) is 142 Å². The van der Waals surface area contributed by atoms with E-state index in [9.17, 15) is 0 Å². The summed E-state index contributed by atoms with van der Waals surface area (Å²) in [4.78, 5) is 9.42. The van der Waals surface area contributed by atoms with Crippen molar-refractivity contribution >= 4 is 43.6 Å². The minimum Gasteiger partial charge on any atom is -0.309 e. The van der Waals surface area contributed by atoms with E-state index in [-0.39, 0.29) is 0 Å². The van der Waals surface area contributed by atoms with Gasteiger partial charge in [0.15, 0.2) is 11.6 Å². The minimum absolute atomic E-state index is 0.631. The van der Waals surface area contributed by atoms with E-state index >= 15 is 0 Å². The van der Waals surface area contributed by atoms with Crippen molar-refractivity contribution in [2.24, 2.45) is 0 Å². The van der Waals surface area contributed by atoms with E-state index < -0.39 is 0 Å². The smallest absolute Gasteiger partial charge is 0.183 e. The molecule has 0 fully saturated rings. The average Bonchev–Trinajstić information content (AvgIpc) is 3.86. The quantitative estimate of drug-likeness (QED) is 0.191. The van der Waals surface area contributed by atoms with Crippen molar-refractivity contribution in [3.8, 4) is 39.8 Å². The van der Waals surface area contributed by atoms with Crippen molar-refractivity contribution in [2.75, 3.05) is 0 Å². The van der Waals surface area contributed by atoms with Gasteiger partial charge in [-0.25, -0.2) is 9.67 Å². The van der Waals surface area contributed by atoms with Crippen LogP contribution in [0.5, 0.6) is 0 Å². The fraction of sp³-hybridized carbons (Fsp3) is 0. The summed E-state index contributed by atoms with van der Waals surface area (Å²) < 4.78 is 6.67. The molecule has 0 saturated heterocycles. The van der Waals surface area contributed by atoms with Crippen LogP contribution in [0.3, 0.4) is 0 Å². The lowest BCUT2D eigenvalue weighted by Crippen LogP contribution is -2.00. The highest BCUT2D eigenvalue weighted by Gasteiger charge is 2.19. The minimum atomic E-state index is 0.631. The van der Waals surface area contributed by atoms with Gasteiger partial charge >= 0.3 is 0 Å². The number of fused-ring (bicyclic) bond motifs is 6. The number of pyridine rings is 1. The molecular formula is C43H28N6. The highest BCUT2D eigenvalue weighted by Crippen LogP contribution is 2.37. The molecular weight excluding hydrogens is 601 g/mol. The van der Waals surface area contributed by atoms with Crippen LogP contribution >= 0.6 is 0 Å². The second-order valence-electron chi connectivity index (χ2n) is 12.2. The molecule has 0 atom stereocenters. The largest absolute Gasteiger partial charge is 0.309 e. The molecule has 6 aromatic carbocycles. The van der Waals surface area contributed by atoms with Crippen molar-refractivity contribution < 1.29 is 0 Å². The molecule has 0 aliphatic rings. The van der Waals surface area contributed by atoms with Crippen molar-refractivity contribution in [3.63, 3.8) is 0 Å².